The molecule has 0 amide bonds. The van der Waals surface area contributed by atoms with Crippen LogP contribution in [-0.2, 0) is 0 Å². The van der Waals surface area contributed by atoms with Gasteiger partial charge in [-0.2, -0.15) is 0 Å². The molecule has 2 nitrogen and oxygen atoms in total. The largest absolute Gasteiger partial charge is 0.297 e. The zero-order valence-electron chi connectivity index (χ0n) is 7.87. The molecule has 0 unspecified atom stereocenters. The van der Waals surface area contributed by atoms with Gasteiger partial charge in [0.25, 0.3) is 0 Å². The molecule has 0 fully saturated rings. The van der Waals surface area contributed by atoms with Crippen LogP contribution in [0.4, 0.5) is 0 Å². The fourth-order valence-corrected chi connectivity index (χ4v) is 1.42. The normalized spacial score (nSPS) is 15.7. The molecular formula is C11H11ClN2. The van der Waals surface area contributed by atoms with Crippen molar-refractivity contribution in [3.8, 4) is 0 Å². The highest BCUT2D eigenvalue weighted by Crippen LogP contribution is 2.18. The van der Waals surface area contributed by atoms with Crippen LogP contribution in [0.3, 0.4) is 0 Å². The molecule has 2 rings (SSSR count). The maximum Gasteiger partial charge on any atom is 0.123 e. The maximum atomic E-state index is 5.90. The lowest BCUT2D eigenvalue weighted by Gasteiger charge is -2.25. The number of nitrogens with zero attached hydrogens (tertiary/aromatic N) is 1. The summed E-state index contributed by atoms with van der Waals surface area (Å²) in [6.45, 7) is 0. The van der Waals surface area contributed by atoms with E-state index in [4.69, 9.17) is 11.6 Å². The number of rotatable bonds is 1. The lowest BCUT2D eigenvalue weighted by atomic mass is 10.1. The van der Waals surface area contributed by atoms with Crippen LogP contribution in [0.15, 0.2) is 47.6 Å². The highest BCUT2D eigenvalue weighted by atomic mass is 35.5. The number of benzene rings is 1. The van der Waals surface area contributed by atoms with Gasteiger partial charge in [0.1, 0.15) is 5.16 Å². The minimum atomic E-state index is 0.685. The summed E-state index contributed by atoms with van der Waals surface area (Å²) in [5, 5.41) is 2.47. The van der Waals surface area contributed by atoms with Crippen molar-refractivity contribution in [1.29, 1.82) is 0 Å². The van der Waals surface area contributed by atoms with Crippen molar-refractivity contribution in [2.75, 3.05) is 7.05 Å². The van der Waals surface area contributed by atoms with Gasteiger partial charge in [0.2, 0.25) is 0 Å². The summed E-state index contributed by atoms with van der Waals surface area (Å²) >= 11 is 5.90. The number of hydrazine groups is 1. The van der Waals surface area contributed by atoms with Gasteiger partial charge in [0.05, 0.1) is 5.70 Å². The minimum absolute atomic E-state index is 0.685. The molecule has 1 heterocycles. The minimum Gasteiger partial charge on any atom is -0.297 e. The van der Waals surface area contributed by atoms with Crippen molar-refractivity contribution in [1.82, 2.24) is 10.4 Å². The average Bonchev–Trinajstić information content (AvgIpc) is 2.23. The fourth-order valence-electron chi connectivity index (χ4n) is 1.31. The number of hydrogen-bond acceptors (Lipinski definition) is 2. The topological polar surface area (TPSA) is 15.3 Å². The highest BCUT2D eigenvalue weighted by molar-refractivity contribution is 6.29. The molecule has 1 aliphatic heterocycles. The van der Waals surface area contributed by atoms with E-state index in [9.17, 15) is 0 Å². The van der Waals surface area contributed by atoms with Crippen LogP contribution in [0.5, 0.6) is 0 Å². The average molecular weight is 207 g/mol. The van der Waals surface area contributed by atoms with E-state index in [2.05, 4.69) is 17.6 Å². The Morgan fingerprint density at radius 1 is 1.14 bits per heavy atom. The SMILES string of the molecule is CN1NC(c2ccccc2)=CC=C1Cl. The second-order valence-electron chi connectivity index (χ2n) is 3.11. The van der Waals surface area contributed by atoms with E-state index in [-0.39, 0.29) is 0 Å². The van der Waals surface area contributed by atoms with Gasteiger partial charge in [-0.1, -0.05) is 41.9 Å². The molecule has 72 valence electrons. The van der Waals surface area contributed by atoms with Gasteiger partial charge in [-0.05, 0) is 17.7 Å². The Bertz CT molecular complexity index is 382. The van der Waals surface area contributed by atoms with Crippen molar-refractivity contribution in [3.05, 3.63) is 53.2 Å². The number of hydrogen-bond donors (Lipinski definition) is 1. The number of allylic oxidation sites excluding steroid dienone is 2. The first-order chi connectivity index (χ1) is 6.77. The molecule has 1 aliphatic rings. The second-order valence-corrected chi connectivity index (χ2v) is 3.49. The molecule has 0 atom stereocenters. The third kappa shape index (κ3) is 1.75. The molecular weight excluding hydrogens is 196 g/mol. The smallest absolute Gasteiger partial charge is 0.123 e. The van der Waals surface area contributed by atoms with Crippen molar-refractivity contribution < 1.29 is 0 Å². The van der Waals surface area contributed by atoms with E-state index in [1.54, 1.807) is 5.01 Å². The van der Waals surface area contributed by atoms with Crippen molar-refractivity contribution in [2.45, 2.75) is 0 Å². The third-order valence-electron chi connectivity index (χ3n) is 2.08. The second kappa shape index (κ2) is 3.76. The fraction of sp³-hybridized carbons (Fsp3) is 0.0909. The van der Waals surface area contributed by atoms with Crippen molar-refractivity contribution in [2.24, 2.45) is 0 Å². The number of nitrogens with one attached hydrogen (secondary N) is 1. The first-order valence-corrected chi connectivity index (χ1v) is 4.78. The Morgan fingerprint density at radius 2 is 1.86 bits per heavy atom. The third-order valence-corrected chi connectivity index (χ3v) is 2.46. The van der Waals surface area contributed by atoms with Gasteiger partial charge in [-0.3, -0.25) is 10.4 Å². The zero-order chi connectivity index (χ0) is 9.97. The Balaban J connectivity index is 2.30. The van der Waals surface area contributed by atoms with E-state index in [1.165, 1.54) is 0 Å². The summed E-state index contributed by atoms with van der Waals surface area (Å²) in [6, 6.07) is 10.1. The van der Waals surface area contributed by atoms with Crippen LogP contribution >= 0.6 is 11.6 Å². The van der Waals surface area contributed by atoms with Crippen molar-refractivity contribution in [3.63, 3.8) is 0 Å². The van der Waals surface area contributed by atoms with Crippen LogP contribution in [0.1, 0.15) is 5.56 Å². The van der Waals surface area contributed by atoms with Gasteiger partial charge in [-0.25, -0.2) is 0 Å². The van der Waals surface area contributed by atoms with Gasteiger partial charge >= 0.3 is 0 Å². The van der Waals surface area contributed by atoms with E-state index in [0.717, 1.165) is 11.3 Å². The van der Waals surface area contributed by atoms with Gasteiger partial charge in [0, 0.05) is 7.05 Å². The summed E-state index contributed by atoms with van der Waals surface area (Å²) < 4.78 is 0. The Morgan fingerprint density at radius 3 is 2.50 bits per heavy atom. The molecule has 0 aromatic heterocycles. The monoisotopic (exact) mass is 206 g/mol. The predicted molar refractivity (Wildman–Crippen MR) is 59.3 cm³/mol. The molecule has 0 aliphatic carbocycles. The van der Waals surface area contributed by atoms with E-state index >= 15 is 0 Å². The molecule has 1 aromatic rings. The molecule has 0 radical (unpaired) electrons. The van der Waals surface area contributed by atoms with Crippen LogP contribution < -0.4 is 5.43 Å². The summed E-state index contributed by atoms with van der Waals surface area (Å²) in [6.07, 6.45) is 3.85. The van der Waals surface area contributed by atoms with E-state index in [1.807, 2.05) is 37.4 Å². The van der Waals surface area contributed by atoms with E-state index in [0.29, 0.717) is 5.16 Å². The Labute approximate surface area is 88.5 Å². The van der Waals surface area contributed by atoms with Crippen LogP contribution in [0.2, 0.25) is 0 Å². The molecule has 3 heteroatoms. The van der Waals surface area contributed by atoms with Crippen LogP contribution in [-0.4, -0.2) is 12.1 Å². The molecule has 0 bridgehead atoms. The summed E-state index contributed by atoms with van der Waals surface area (Å²) in [7, 11) is 1.88. The number of halogens is 1. The molecule has 0 saturated carbocycles. The van der Waals surface area contributed by atoms with Gasteiger partial charge in [0.15, 0.2) is 0 Å². The molecule has 1 aromatic carbocycles. The van der Waals surface area contributed by atoms with Crippen LogP contribution in [0, 0.1) is 0 Å². The molecule has 14 heavy (non-hydrogen) atoms. The van der Waals surface area contributed by atoms with Gasteiger partial charge < -0.3 is 0 Å². The lowest BCUT2D eigenvalue weighted by molar-refractivity contribution is 0.381. The maximum absolute atomic E-state index is 5.90. The predicted octanol–water partition coefficient (Wildman–Crippen LogP) is 2.56. The quantitative estimate of drug-likeness (QED) is 0.711. The summed E-state index contributed by atoms with van der Waals surface area (Å²) in [4.78, 5) is 0. The molecule has 0 saturated heterocycles. The van der Waals surface area contributed by atoms with E-state index < -0.39 is 0 Å². The standard InChI is InChI=1S/C11H11ClN2/c1-14-11(12)8-7-10(13-14)9-5-3-2-4-6-9/h2-8,13H,1H3. The van der Waals surface area contributed by atoms with Gasteiger partial charge in [-0.15, -0.1) is 0 Å². The summed E-state index contributed by atoms with van der Waals surface area (Å²) in [5.74, 6) is 0. The lowest BCUT2D eigenvalue weighted by Crippen LogP contribution is -2.32. The van der Waals surface area contributed by atoms with Crippen LogP contribution in [0.25, 0.3) is 5.70 Å². The van der Waals surface area contributed by atoms with Crippen molar-refractivity contribution >= 4 is 17.3 Å². The first-order valence-electron chi connectivity index (χ1n) is 4.40. The first kappa shape index (κ1) is 9.16. The Hall–Kier alpha value is -1.41. The summed E-state index contributed by atoms with van der Waals surface area (Å²) in [5.41, 5.74) is 5.38. The zero-order valence-corrected chi connectivity index (χ0v) is 8.62. The molecule has 0 spiro atoms. The molecule has 1 N–H and O–H groups in total. The Kier molecular flexibility index (Phi) is 2.46. The highest BCUT2D eigenvalue weighted by Gasteiger charge is 2.09.